The van der Waals surface area contributed by atoms with Crippen molar-refractivity contribution >= 4 is 35.1 Å². The molecule has 0 rings (SSSR count). The van der Waals surface area contributed by atoms with Gasteiger partial charge in [0.1, 0.15) is 0 Å². The maximum Gasteiger partial charge on any atom is 0.211 e. The first kappa shape index (κ1) is 18.4. The highest BCUT2D eigenvalue weighted by molar-refractivity contribution is 8.69. The van der Waals surface area contributed by atoms with Crippen LogP contribution in [0, 0.1) is 5.92 Å². The van der Waals surface area contributed by atoms with Gasteiger partial charge in [0.25, 0.3) is 0 Å². The van der Waals surface area contributed by atoms with Crippen molar-refractivity contribution in [3.63, 3.8) is 0 Å². The molecule has 18 heavy (non-hydrogen) atoms. The van der Waals surface area contributed by atoms with Crippen LogP contribution in [0.25, 0.3) is 0 Å². The number of hydrogen-bond donors (Lipinski definition) is 1. The molecule has 6 heteroatoms. The molecule has 0 aromatic heterocycles. The average molecular weight is 310 g/mol. The number of rotatable bonds is 9. The van der Waals surface area contributed by atoms with E-state index in [2.05, 4.69) is 37.8 Å². The van der Waals surface area contributed by atoms with Gasteiger partial charge in [-0.05, 0) is 38.0 Å². The van der Waals surface area contributed by atoms with Crippen LogP contribution in [0.4, 0.5) is 0 Å². The fourth-order valence-corrected chi connectivity index (χ4v) is 7.46. The van der Waals surface area contributed by atoms with Crippen molar-refractivity contribution in [1.82, 2.24) is 5.09 Å². The summed E-state index contributed by atoms with van der Waals surface area (Å²) in [6.07, 6.45) is 2.96. The van der Waals surface area contributed by atoms with Gasteiger partial charge in [-0.2, -0.15) is 0 Å². The summed E-state index contributed by atoms with van der Waals surface area (Å²) in [5, 5.41) is 3.72. The maximum atomic E-state index is 5.90. The lowest BCUT2D eigenvalue weighted by Crippen LogP contribution is -2.14. The molecule has 0 saturated heterocycles. The number of aliphatic imine (C=N–C) groups is 1. The molecule has 0 aromatic rings. The van der Waals surface area contributed by atoms with E-state index in [1.54, 1.807) is 17.7 Å². The fraction of sp³-hybridized carbons (Fsp3) is 0.917. The lowest BCUT2D eigenvalue weighted by Gasteiger charge is -2.25. The summed E-state index contributed by atoms with van der Waals surface area (Å²) in [7, 11) is 0. The van der Waals surface area contributed by atoms with Gasteiger partial charge in [0.05, 0.1) is 12.4 Å². The van der Waals surface area contributed by atoms with Crippen molar-refractivity contribution in [1.29, 1.82) is 0 Å². The normalized spacial score (nSPS) is 17.3. The van der Waals surface area contributed by atoms with Gasteiger partial charge < -0.3 is 9.61 Å². The molecular formula is C12H27N2OPS2. The average Bonchev–Trinajstić information content (AvgIpc) is 2.22. The number of nitrogens with one attached hydrogen (secondary N) is 1. The van der Waals surface area contributed by atoms with Gasteiger partial charge in [-0.1, -0.05) is 39.1 Å². The highest BCUT2D eigenvalue weighted by Gasteiger charge is 2.21. The molecule has 0 spiro atoms. The molecule has 0 fully saturated rings. The zero-order valence-corrected chi connectivity index (χ0v) is 14.9. The first-order valence-corrected chi connectivity index (χ1v) is 10.7. The molecule has 108 valence electrons. The van der Waals surface area contributed by atoms with Gasteiger partial charge in [-0.25, -0.2) is 0 Å². The Hall–Kier alpha value is 0.430. The Balaban J connectivity index is 4.47. The lowest BCUT2D eigenvalue weighted by molar-refractivity contribution is 0.274. The molecule has 0 saturated carbocycles. The largest absolute Gasteiger partial charge is 0.324 e. The minimum absolute atomic E-state index is 0.137. The molecule has 0 aliphatic heterocycles. The van der Waals surface area contributed by atoms with Crippen molar-refractivity contribution < 1.29 is 4.52 Å². The van der Waals surface area contributed by atoms with E-state index in [9.17, 15) is 0 Å². The topological polar surface area (TPSA) is 33.6 Å². The highest BCUT2D eigenvalue weighted by Crippen LogP contribution is 2.59. The smallest absolute Gasteiger partial charge is 0.211 e. The number of hydrogen-bond acceptors (Lipinski definition) is 4. The first-order valence-electron chi connectivity index (χ1n) is 6.52. The molecule has 2 unspecified atom stereocenters. The number of nitrogens with zero attached hydrogens (tertiary/aromatic N) is 1. The molecule has 0 aliphatic carbocycles. The summed E-state index contributed by atoms with van der Waals surface area (Å²) in [5.74, 6) is 0.564. The van der Waals surface area contributed by atoms with Crippen LogP contribution in [0.1, 0.15) is 48.0 Å². The van der Waals surface area contributed by atoms with Crippen molar-refractivity contribution in [2.45, 2.75) is 59.3 Å². The van der Waals surface area contributed by atoms with Crippen LogP contribution >= 0.6 is 17.0 Å². The Morgan fingerprint density at radius 3 is 2.39 bits per heavy atom. The lowest BCUT2D eigenvalue weighted by atomic mass is 10.2. The quantitative estimate of drug-likeness (QED) is 0.388. The Bertz CT molecular complexity index is 296. The summed E-state index contributed by atoms with van der Waals surface area (Å²) in [4.78, 5) is 4.33. The van der Waals surface area contributed by atoms with Gasteiger partial charge in [-0.3, -0.25) is 4.99 Å². The summed E-state index contributed by atoms with van der Waals surface area (Å²) in [5.41, 5.74) is -2.06. The van der Waals surface area contributed by atoms with Crippen molar-refractivity contribution in [2.75, 3.05) is 6.54 Å². The second kappa shape index (κ2) is 9.35. The molecule has 0 bridgehead atoms. The van der Waals surface area contributed by atoms with E-state index in [1.165, 1.54) is 0 Å². The Morgan fingerprint density at radius 2 is 1.94 bits per heavy atom. The van der Waals surface area contributed by atoms with Gasteiger partial charge in [0.2, 0.25) is 5.62 Å². The Labute approximate surface area is 121 Å². The van der Waals surface area contributed by atoms with E-state index in [1.807, 2.05) is 13.8 Å². The summed E-state index contributed by atoms with van der Waals surface area (Å²) < 4.78 is 5.90. The van der Waals surface area contributed by atoms with Crippen LogP contribution < -0.4 is 5.09 Å². The molecule has 2 atom stereocenters. The monoisotopic (exact) mass is 310 g/mol. The third kappa shape index (κ3) is 9.37. The minimum Gasteiger partial charge on any atom is -0.324 e. The summed E-state index contributed by atoms with van der Waals surface area (Å²) in [6, 6.07) is 0. The summed E-state index contributed by atoms with van der Waals surface area (Å²) in [6.45, 7) is 13.5. The zero-order chi connectivity index (χ0) is 14.2. The molecule has 0 amide bonds. The van der Waals surface area contributed by atoms with Crippen molar-refractivity contribution in [3.8, 4) is 0 Å². The van der Waals surface area contributed by atoms with Crippen LogP contribution in [0.5, 0.6) is 0 Å². The van der Waals surface area contributed by atoms with E-state index in [-0.39, 0.29) is 6.10 Å². The molecule has 0 radical (unpaired) electrons. The predicted octanol–water partition coefficient (Wildman–Crippen LogP) is 4.44. The van der Waals surface area contributed by atoms with Crippen LogP contribution in [0.2, 0.25) is 0 Å². The van der Waals surface area contributed by atoms with E-state index in [4.69, 9.17) is 16.3 Å². The molecule has 3 nitrogen and oxygen atoms in total. The van der Waals surface area contributed by atoms with E-state index >= 15 is 0 Å². The second-order valence-electron chi connectivity index (χ2n) is 4.99. The molecule has 0 aromatic carbocycles. The molecule has 1 N–H and O–H groups in total. The van der Waals surface area contributed by atoms with Gasteiger partial charge >= 0.3 is 0 Å². The standard InChI is InChI=1S/C12H27N2OPS2/c1-7-12(6)18-16(17,15-11(4)5)14-9-13-8-10(2)3/h9-12H,7-8H2,1-6H3,(H,13,14,17). The van der Waals surface area contributed by atoms with Gasteiger partial charge in [0.15, 0.2) is 0 Å². The maximum absolute atomic E-state index is 5.90. The molecule has 0 heterocycles. The van der Waals surface area contributed by atoms with E-state index in [0.717, 1.165) is 13.0 Å². The fourth-order valence-electron chi connectivity index (χ4n) is 1.05. The van der Waals surface area contributed by atoms with Crippen LogP contribution in [0.15, 0.2) is 4.99 Å². The van der Waals surface area contributed by atoms with Crippen LogP contribution in [-0.2, 0) is 16.3 Å². The first-order chi connectivity index (χ1) is 8.29. The van der Waals surface area contributed by atoms with Gasteiger partial charge in [0, 0.05) is 11.8 Å². The van der Waals surface area contributed by atoms with Crippen molar-refractivity contribution in [2.24, 2.45) is 10.9 Å². The van der Waals surface area contributed by atoms with Crippen molar-refractivity contribution in [3.05, 3.63) is 0 Å². The van der Waals surface area contributed by atoms with Crippen LogP contribution in [-0.4, -0.2) is 24.2 Å². The SMILES string of the molecule is CCC(C)SP(=S)(NC=NCC(C)C)OC(C)C. The third-order valence-electron chi connectivity index (χ3n) is 2.02. The van der Waals surface area contributed by atoms with E-state index < -0.39 is 5.62 Å². The molecular weight excluding hydrogens is 283 g/mol. The minimum atomic E-state index is -2.06. The Kier molecular flexibility index (Phi) is 9.58. The molecule has 0 aliphatic rings. The van der Waals surface area contributed by atoms with Crippen LogP contribution in [0.3, 0.4) is 0 Å². The predicted molar refractivity (Wildman–Crippen MR) is 89.2 cm³/mol. The highest BCUT2D eigenvalue weighted by atomic mass is 32.9. The summed E-state index contributed by atoms with van der Waals surface area (Å²) >= 11 is 7.38. The Morgan fingerprint density at radius 1 is 1.33 bits per heavy atom. The second-order valence-corrected chi connectivity index (χ2v) is 11.9. The third-order valence-corrected chi connectivity index (χ3v) is 7.96. The zero-order valence-electron chi connectivity index (χ0n) is 12.3. The van der Waals surface area contributed by atoms with Gasteiger partial charge in [-0.15, -0.1) is 0 Å². The van der Waals surface area contributed by atoms with E-state index in [0.29, 0.717) is 11.2 Å².